The maximum absolute atomic E-state index is 9.72. The van der Waals surface area contributed by atoms with E-state index in [0.717, 1.165) is 0 Å². The smallest absolute Gasteiger partial charge is 0.138 e. The normalized spacial score (nSPS) is 11.3. The van der Waals surface area contributed by atoms with Gasteiger partial charge in [-0.05, 0) is 30.7 Å². The molecule has 0 bridgehead atoms. The first kappa shape index (κ1) is 15.5. The van der Waals surface area contributed by atoms with Gasteiger partial charge >= 0.3 is 0 Å². The average molecular weight is 313 g/mol. The van der Waals surface area contributed by atoms with Crippen molar-refractivity contribution < 1.29 is 5.11 Å². The summed E-state index contributed by atoms with van der Waals surface area (Å²) in [6.07, 6.45) is 0. The zero-order valence-electron chi connectivity index (χ0n) is 10.00. The van der Waals surface area contributed by atoms with Crippen LogP contribution in [0.1, 0.15) is 6.92 Å². The number of anilines is 1. The van der Waals surface area contributed by atoms with Crippen molar-refractivity contribution in [3.63, 3.8) is 0 Å². The van der Waals surface area contributed by atoms with Crippen LogP contribution in [0.5, 0.6) is 0 Å². The number of nitrogens with zero attached hydrogens (tertiary/aromatic N) is 1. The van der Waals surface area contributed by atoms with Crippen molar-refractivity contribution >= 4 is 46.1 Å². The number of halogens is 2. The Bertz CT molecular complexity index is 618. The van der Waals surface area contributed by atoms with Crippen LogP contribution in [0.4, 0.5) is 5.69 Å². The van der Waals surface area contributed by atoms with Gasteiger partial charge in [-0.1, -0.05) is 42.0 Å². The van der Waals surface area contributed by atoms with Gasteiger partial charge in [-0.25, -0.2) is 0 Å². The maximum Gasteiger partial charge on any atom is 0.138 e. The van der Waals surface area contributed by atoms with Crippen molar-refractivity contribution in [1.82, 2.24) is 0 Å². The quantitative estimate of drug-likeness (QED) is 0.280. The summed E-state index contributed by atoms with van der Waals surface area (Å²) in [7, 11) is 0. The molecule has 0 atom stereocenters. The van der Waals surface area contributed by atoms with E-state index in [0.29, 0.717) is 21.3 Å². The summed E-state index contributed by atoms with van der Waals surface area (Å²) in [6.45, 7) is 5.13. The van der Waals surface area contributed by atoms with Crippen LogP contribution in [0.2, 0.25) is 10.0 Å². The molecule has 0 radical (unpaired) electrons. The molecule has 0 aliphatic carbocycles. The van der Waals surface area contributed by atoms with Crippen molar-refractivity contribution in [2.45, 2.75) is 6.92 Å². The highest BCUT2D eigenvalue weighted by Crippen LogP contribution is 2.25. The molecular formula is C13H10Cl2N2OS. The molecule has 0 aliphatic heterocycles. The van der Waals surface area contributed by atoms with Crippen LogP contribution in [0, 0.1) is 11.3 Å². The zero-order chi connectivity index (χ0) is 14.6. The molecule has 19 heavy (non-hydrogen) atoms. The van der Waals surface area contributed by atoms with Crippen molar-refractivity contribution in [2.24, 2.45) is 0 Å². The Morgan fingerprint density at radius 1 is 1.42 bits per heavy atom. The third-order valence-electron chi connectivity index (χ3n) is 2.16. The second-order valence-corrected chi connectivity index (χ2v) is 4.92. The molecule has 0 saturated carbocycles. The lowest BCUT2D eigenvalue weighted by molar-refractivity contribution is 0.422. The fourth-order valence-electron chi connectivity index (χ4n) is 1.19. The molecule has 0 saturated heterocycles. The van der Waals surface area contributed by atoms with E-state index >= 15 is 0 Å². The fraction of sp³-hybridized carbons (Fsp3) is 0.0769. The van der Waals surface area contributed by atoms with Crippen molar-refractivity contribution in [2.75, 3.05) is 5.32 Å². The summed E-state index contributed by atoms with van der Waals surface area (Å²) < 4.78 is 0. The van der Waals surface area contributed by atoms with Crippen molar-refractivity contribution in [1.29, 1.82) is 5.26 Å². The highest BCUT2D eigenvalue weighted by Gasteiger charge is 2.12. The van der Waals surface area contributed by atoms with Crippen molar-refractivity contribution in [3.05, 3.63) is 51.7 Å². The highest BCUT2D eigenvalue weighted by atomic mass is 35.5. The Morgan fingerprint density at radius 2 is 2.05 bits per heavy atom. The van der Waals surface area contributed by atoms with Crippen LogP contribution in [-0.4, -0.2) is 10.1 Å². The molecule has 0 aromatic heterocycles. The Kier molecular flexibility index (Phi) is 5.37. The highest BCUT2D eigenvalue weighted by molar-refractivity contribution is 7.81. The minimum atomic E-state index is -0.236. The van der Waals surface area contributed by atoms with E-state index in [9.17, 15) is 5.11 Å². The van der Waals surface area contributed by atoms with Gasteiger partial charge < -0.3 is 10.4 Å². The molecule has 1 rings (SSSR count). The maximum atomic E-state index is 9.72. The number of aliphatic hydroxyl groups is 1. The topological polar surface area (TPSA) is 56.0 Å². The summed E-state index contributed by atoms with van der Waals surface area (Å²) in [5.74, 6) is -0.236. The largest absolute Gasteiger partial charge is 0.506 e. The number of allylic oxidation sites excluding steroid dienone is 1. The molecule has 98 valence electrons. The Hall–Kier alpha value is -1.54. The van der Waals surface area contributed by atoms with E-state index < -0.39 is 0 Å². The van der Waals surface area contributed by atoms with E-state index in [1.807, 2.05) is 6.07 Å². The van der Waals surface area contributed by atoms with Crippen LogP contribution in [0.15, 0.2) is 41.7 Å². The lowest BCUT2D eigenvalue weighted by atomic mass is 10.1. The number of nitrogens with one attached hydrogen (secondary N) is 1. The third-order valence-corrected chi connectivity index (χ3v) is 3.20. The summed E-state index contributed by atoms with van der Waals surface area (Å²) in [6, 6.07) is 6.67. The molecule has 0 fully saturated rings. The van der Waals surface area contributed by atoms with Crippen LogP contribution in [0.25, 0.3) is 0 Å². The molecule has 1 aromatic carbocycles. The van der Waals surface area contributed by atoms with Gasteiger partial charge in [0.1, 0.15) is 22.4 Å². The first-order valence-electron chi connectivity index (χ1n) is 5.12. The minimum absolute atomic E-state index is 0.0476. The molecule has 3 nitrogen and oxygen atoms in total. The zero-order valence-corrected chi connectivity index (χ0v) is 12.3. The standard InChI is InChI=1S/C13H10Cl2N2OS/c1-7(2)12(18)9(6-16)13(19)17-8-3-4-10(14)11(15)5-8/h3-5,18H,1H2,2H3,(H,17,19)/b12-9-. The Balaban J connectivity index is 3.02. The average Bonchev–Trinajstić information content (AvgIpc) is 2.34. The number of rotatable bonds is 3. The molecule has 0 aliphatic rings. The number of aliphatic hydroxyl groups excluding tert-OH is 1. The number of nitriles is 1. The second-order valence-electron chi connectivity index (χ2n) is 3.70. The lowest BCUT2D eigenvalue weighted by Crippen LogP contribution is -2.13. The molecule has 6 heteroatoms. The number of hydrogen-bond acceptors (Lipinski definition) is 3. The third kappa shape index (κ3) is 3.97. The van der Waals surface area contributed by atoms with E-state index in [2.05, 4.69) is 11.9 Å². The summed E-state index contributed by atoms with van der Waals surface area (Å²) in [5.41, 5.74) is 0.880. The van der Waals surface area contributed by atoms with E-state index in [1.54, 1.807) is 25.1 Å². The van der Waals surface area contributed by atoms with Gasteiger partial charge in [-0.2, -0.15) is 5.26 Å². The Labute approximate surface area is 126 Å². The van der Waals surface area contributed by atoms with Crippen molar-refractivity contribution in [3.8, 4) is 6.07 Å². The molecule has 0 unspecified atom stereocenters. The lowest BCUT2D eigenvalue weighted by Gasteiger charge is -2.09. The molecule has 0 heterocycles. The SMILES string of the molecule is C=C(C)/C(O)=C(\C#N)C(=S)Nc1ccc(Cl)c(Cl)c1. The number of hydrogen-bond donors (Lipinski definition) is 2. The van der Waals surface area contributed by atoms with Crippen LogP contribution >= 0.6 is 35.4 Å². The van der Waals surface area contributed by atoms with Gasteiger partial charge in [0, 0.05) is 5.69 Å². The van der Waals surface area contributed by atoms with Gasteiger partial charge in [0.25, 0.3) is 0 Å². The molecule has 0 amide bonds. The summed E-state index contributed by atoms with van der Waals surface area (Å²) in [5, 5.41) is 22.3. The van der Waals surface area contributed by atoms with E-state index in [1.165, 1.54) is 0 Å². The summed E-state index contributed by atoms with van der Waals surface area (Å²) in [4.78, 5) is 0.0846. The number of benzene rings is 1. The molecular weight excluding hydrogens is 303 g/mol. The molecule has 1 aromatic rings. The predicted molar refractivity (Wildman–Crippen MR) is 82.8 cm³/mol. The fourth-order valence-corrected chi connectivity index (χ4v) is 1.75. The van der Waals surface area contributed by atoms with Gasteiger partial charge in [0.2, 0.25) is 0 Å². The van der Waals surface area contributed by atoms with Gasteiger partial charge in [-0.3, -0.25) is 0 Å². The van der Waals surface area contributed by atoms with Crippen LogP contribution in [0.3, 0.4) is 0 Å². The first-order valence-corrected chi connectivity index (χ1v) is 6.29. The van der Waals surface area contributed by atoms with Crippen LogP contribution < -0.4 is 5.32 Å². The Morgan fingerprint density at radius 3 is 2.53 bits per heavy atom. The molecule has 2 N–H and O–H groups in total. The first-order chi connectivity index (χ1) is 8.86. The monoisotopic (exact) mass is 312 g/mol. The number of thiocarbonyl (C=S) groups is 1. The second kappa shape index (κ2) is 6.58. The van der Waals surface area contributed by atoms with E-state index in [-0.39, 0.29) is 16.3 Å². The van der Waals surface area contributed by atoms with Gasteiger partial charge in [0.05, 0.1) is 10.0 Å². The summed E-state index contributed by atoms with van der Waals surface area (Å²) >= 11 is 16.7. The minimum Gasteiger partial charge on any atom is -0.506 e. The predicted octanol–water partition coefficient (Wildman–Crippen LogP) is 4.64. The molecule has 0 spiro atoms. The van der Waals surface area contributed by atoms with Crippen LogP contribution in [-0.2, 0) is 0 Å². The van der Waals surface area contributed by atoms with E-state index in [4.69, 9.17) is 40.7 Å². The van der Waals surface area contributed by atoms with Gasteiger partial charge in [0.15, 0.2) is 0 Å². The van der Waals surface area contributed by atoms with Gasteiger partial charge in [-0.15, -0.1) is 0 Å².